The normalized spacial score (nSPS) is 11.0. The summed E-state index contributed by atoms with van der Waals surface area (Å²) < 4.78 is 5.63. The van der Waals surface area contributed by atoms with Gasteiger partial charge in [0.15, 0.2) is 0 Å². The molecule has 0 radical (unpaired) electrons. The Balaban J connectivity index is 3.30. The third-order valence-corrected chi connectivity index (χ3v) is 3.30. The Hall–Kier alpha value is -1.56. The first-order valence-corrected chi connectivity index (χ1v) is 6.45. The molecule has 6 heteroatoms. The third-order valence-electron chi connectivity index (χ3n) is 2.51. The lowest BCUT2D eigenvalue weighted by Gasteiger charge is -2.20. The number of nitrogens with two attached hydrogens (primary N) is 1. The molecule has 2 amide bonds. The smallest absolute Gasteiger partial charge is 0.250 e. The molecular weight excluding hydrogens is 312 g/mol. The van der Waals surface area contributed by atoms with E-state index in [1.165, 1.54) is 13.2 Å². The van der Waals surface area contributed by atoms with Crippen LogP contribution in [-0.4, -0.2) is 18.9 Å². The van der Waals surface area contributed by atoms with Crippen LogP contribution in [0.1, 0.15) is 31.1 Å². The summed E-state index contributed by atoms with van der Waals surface area (Å²) in [5.74, 6) is -0.328. The molecular formula is C13H17BrN2O3. The monoisotopic (exact) mass is 328 g/mol. The van der Waals surface area contributed by atoms with Gasteiger partial charge in [-0.1, -0.05) is 20.8 Å². The van der Waals surface area contributed by atoms with Crippen molar-refractivity contribution in [3.05, 3.63) is 22.2 Å². The second kappa shape index (κ2) is 5.61. The van der Waals surface area contributed by atoms with E-state index >= 15 is 0 Å². The van der Waals surface area contributed by atoms with Crippen molar-refractivity contribution in [1.82, 2.24) is 0 Å². The van der Waals surface area contributed by atoms with Crippen molar-refractivity contribution in [1.29, 1.82) is 0 Å². The molecule has 0 heterocycles. The molecule has 0 aliphatic rings. The maximum atomic E-state index is 12.0. The minimum atomic E-state index is -0.618. The van der Waals surface area contributed by atoms with Crippen molar-refractivity contribution < 1.29 is 14.3 Å². The van der Waals surface area contributed by atoms with Crippen LogP contribution in [-0.2, 0) is 4.79 Å². The highest BCUT2D eigenvalue weighted by Crippen LogP contribution is 2.36. The summed E-state index contributed by atoms with van der Waals surface area (Å²) in [5.41, 5.74) is 5.27. The van der Waals surface area contributed by atoms with E-state index in [9.17, 15) is 9.59 Å². The molecule has 0 spiro atoms. The van der Waals surface area contributed by atoms with Gasteiger partial charge in [0.25, 0.3) is 5.91 Å². The molecule has 0 saturated heterocycles. The van der Waals surface area contributed by atoms with Gasteiger partial charge in [-0.15, -0.1) is 0 Å². The summed E-state index contributed by atoms with van der Waals surface area (Å²) in [5, 5.41) is 2.71. The summed E-state index contributed by atoms with van der Waals surface area (Å²) in [4.78, 5) is 23.4. The number of anilines is 1. The Bertz CT molecular complexity index is 521. The average molecular weight is 329 g/mol. The SMILES string of the molecule is COc1ccc(C(N)=O)c(NC(=O)C(C)(C)C)c1Br. The molecule has 0 atom stereocenters. The Labute approximate surface area is 120 Å². The van der Waals surface area contributed by atoms with Crippen LogP contribution in [0.5, 0.6) is 5.75 Å². The molecule has 19 heavy (non-hydrogen) atoms. The van der Waals surface area contributed by atoms with Crippen LogP contribution in [0.15, 0.2) is 16.6 Å². The number of primary amides is 1. The van der Waals surface area contributed by atoms with E-state index in [4.69, 9.17) is 10.5 Å². The molecule has 5 nitrogen and oxygen atoms in total. The van der Waals surface area contributed by atoms with Crippen LogP contribution in [0.4, 0.5) is 5.69 Å². The Kier molecular flexibility index (Phi) is 4.57. The summed E-state index contributed by atoms with van der Waals surface area (Å²) >= 11 is 3.31. The standard InChI is InChI=1S/C13H17BrN2O3/c1-13(2,3)12(18)16-10-7(11(15)17)5-6-8(19-4)9(10)14/h5-6H,1-4H3,(H2,15,17)(H,16,18). The fourth-order valence-corrected chi connectivity index (χ4v) is 1.95. The number of ether oxygens (including phenoxy) is 1. The lowest BCUT2D eigenvalue weighted by molar-refractivity contribution is -0.123. The van der Waals surface area contributed by atoms with Crippen molar-refractivity contribution in [3.8, 4) is 5.75 Å². The Morgan fingerprint density at radius 2 is 1.89 bits per heavy atom. The van der Waals surface area contributed by atoms with E-state index in [1.54, 1.807) is 26.8 Å². The lowest BCUT2D eigenvalue weighted by atomic mass is 9.95. The fourth-order valence-electron chi connectivity index (χ4n) is 1.34. The maximum absolute atomic E-state index is 12.0. The average Bonchev–Trinajstić information content (AvgIpc) is 2.29. The molecule has 0 aliphatic carbocycles. The molecule has 1 aromatic carbocycles. The highest BCUT2D eigenvalue weighted by atomic mass is 79.9. The van der Waals surface area contributed by atoms with Gasteiger partial charge in [0, 0.05) is 5.41 Å². The Morgan fingerprint density at radius 1 is 1.32 bits per heavy atom. The summed E-state index contributed by atoms with van der Waals surface area (Å²) in [7, 11) is 1.50. The minimum absolute atomic E-state index is 0.219. The largest absolute Gasteiger partial charge is 0.495 e. The second-order valence-corrected chi connectivity index (χ2v) is 5.87. The number of hydrogen-bond acceptors (Lipinski definition) is 3. The van der Waals surface area contributed by atoms with Crippen molar-refractivity contribution in [2.45, 2.75) is 20.8 Å². The maximum Gasteiger partial charge on any atom is 0.250 e. The van der Waals surface area contributed by atoms with Crippen molar-refractivity contribution in [2.24, 2.45) is 11.1 Å². The van der Waals surface area contributed by atoms with Crippen LogP contribution >= 0.6 is 15.9 Å². The summed E-state index contributed by atoms with van der Waals surface area (Å²) in [6, 6.07) is 3.13. The molecule has 0 aliphatic heterocycles. The highest BCUT2D eigenvalue weighted by molar-refractivity contribution is 9.10. The van der Waals surface area contributed by atoms with Gasteiger partial charge >= 0.3 is 0 Å². The predicted octanol–water partition coefficient (Wildman–Crippen LogP) is 2.54. The fraction of sp³-hybridized carbons (Fsp3) is 0.385. The van der Waals surface area contributed by atoms with Crippen molar-refractivity contribution in [2.75, 3.05) is 12.4 Å². The molecule has 1 aromatic rings. The number of carbonyl (C=O) groups excluding carboxylic acids is 2. The van der Waals surface area contributed by atoms with Crippen LogP contribution in [0.25, 0.3) is 0 Å². The molecule has 0 saturated carbocycles. The lowest BCUT2D eigenvalue weighted by Crippen LogP contribution is -2.29. The van der Waals surface area contributed by atoms with E-state index < -0.39 is 11.3 Å². The third kappa shape index (κ3) is 3.47. The van der Waals surface area contributed by atoms with Gasteiger partial charge in [-0.05, 0) is 28.1 Å². The highest BCUT2D eigenvalue weighted by Gasteiger charge is 2.25. The van der Waals surface area contributed by atoms with Gasteiger partial charge in [0.05, 0.1) is 22.8 Å². The molecule has 0 bridgehead atoms. The number of nitrogens with one attached hydrogen (secondary N) is 1. The van der Waals surface area contributed by atoms with E-state index in [2.05, 4.69) is 21.2 Å². The zero-order valence-corrected chi connectivity index (χ0v) is 12.9. The molecule has 0 aromatic heterocycles. The predicted molar refractivity (Wildman–Crippen MR) is 77.3 cm³/mol. The second-order valence-electron chi connectivity index (χ2n) is 5.07. The zero-order chi connectivity index (χ0) is 14.8. The molecule has 0 unspecified atom stereocenters. The number of rotatable bonds is 3. The van der Waals surface area contributed by atoms with Gasteiger partial charge in [-0.2, -0.15) is 0 Å². The molecule has 3 N–H and O–H groups in total. The molecule has 1 rings (SSSR count). The van der Waals surface area contributed by atoms with Crippen molar-refractivity contribution >= 4 is 33.4 Å². The van der Waals surface area contributed by atoms with Crippen LogP contribution in [0.2, 0.25) is 0 Å². The number of methoxy groups -OCH3 is 1. The Morgan fingerprint density at radius 3 is 2.32 bits per heavy atom. The van der Waals surface area contributed by atoms with Gasteiger partial charge in [0.1, 0.15) is 5.75 Å². The van der Waals surface area contributed by atoms with Crippen LogP contribution < -0.4 is 15.8 Å². The van der Waals surface area contributed by atoms with E-state index in [-0.39, 0.29) is 11.5 Å². The zero-order valence-electron chi connectivity index (χ0n) is 11.3. The van der Waals surface area contributed by atoms with E-state index in [1.807, 2.05) is 0 Å². The number of amides is 2. The van der Waals surface area contributed by atoms with Gasteiger partial charge < -0.3 is 15.8 Å². The minimum Gasteiger partial charge on any atom is -0.495 e. The van der Waals surface area contributed by atoms with Gasteiger partial charge in [-0.3, -0.25) is 9.59 Å². The van der Waals surface area contributed by atoms with Crippen molar-refractivity contribution in [3.63, 3.8) is 0 Å². The molecule has 0 fully saturated rings. The first kappa shape index (κ1) is 15.5. The van der Waals surface area contributed by atoms with Crippen LogP contribution in [0.3, 0.4) is 0 Å². The van der Waals surface area contributed by atoms with E-state index in [0.717, 1.165) is 0 Å². The number of benzene rings is 1. The van der Waals surface area contributed by atoms with Gasteiger partial charge in [-0.25, -0.2) is 0 Å². The van der Waals surface area contributed by atoms with Gasteiger partial charge in [0.2, 0.25) is 5.91 Å². The topological polar surface area (TPSA) is 81.4 Å². The summed E-state index contributed by atoms with van der Waals surface area (Å²) in [6.07, 6.45) is 0. The number of hydrogen-bond donors (Lipinski definition) is 2. The quantitative estimate of drug-likeness (QED) is 0.894. The first-order chi connectivity index (χ1) is 8.68. The van der Waals surface area contributed by atoms with Crippen LogP contribution in [0, 0.1) is 5.41 Å². The molecule has 104 valence electrons. The first-order valence-electron chi connectivity index (χ1n) is 5.66. The van der Waals surface area contributed by atoms with E-state index in [0.29, 0.717) is 15.9 Å². The summed E-state index contributed by atoms with van der Waals surface area (Å²) in [6.45, 7) is 5.33. The number of carbonyl (C=O) groups is 2. The number of halogens is 1.